The standard InChI is InChI=1S/C21H27NO5S/c1-17-7-9-19(10-8-17)28(24,25)27-16-3-2-5-18-11-13-22(14-12-18)21(23)20-6-4-15-26-20/h4,6-10,15,18H,2-3,5,11-14,16H2,1H3. The second-order valence-electron chi connectivity index (χ2n) is 7.30. The molecule has 0 bridgehead atoms. The molecular formula is C21H27NO5S. The number of furan rings is 1. The highest BCUT2D eigenvalue weighted by Gasteiger charge is 2.24. The Hall–Kier alpha value is -2.12. The van der Waals surface area contributed by atoms with Crippen LogP contribution in [0.4, 0.5) is 0 Å². The van der Waals surface area contributed by atoms with E-state index in [2.05, 4.69) is 0 Å². The van der Waals surface area contributed by atoms with Crippen molar-refractivity contribution in [2.45, 2.75) is 43.9 Å². The maximum absolute atomic E-state index is 12.3. The van der Waals surface area contributed by atoms with E-state index in [1.54, 1.807) is 36.4 Å². The maximum Gasteiger partial charge on any atom is 0.296 e. The summed E-state index contributed by atoms with van der Waals surface area (Å²) in [6.45, 7) is 3.59. The zero-order valence-corrected chi connectivity index (χ0v) is 17.0. The van der Waals surface area contributed by atoms with Gasteiger partial charge in [0.15, 0.2) is 5.76 Å². The number of benzene rings is 1. The molecule has 7 heteroatoms. The molecular weight excluding hydrogens is 378 g/mol. The summed E-state index contributed by atoms with van der Waals surface area (Å²) in [4.78, 5) is 14.3. The van der Waals surface area contributed by atoms with E-state index < -0.39 is 10.1 Å². The molecule has 1 aliphatic rings. The van der Waals surface area contributed by atoms with Gasteiger partial charge in [-0.15, -0.1) is 0 Å². The van der Waals surface area contributed by atoms with Gasteiger partial charge in [0.25, 0.3) is 16.0 Å². The summed E-state index contributed by atoms with van der Waals surface area (Å²) in [5.74, 6) is 0.915. The molecule has 1 aromatic heterocycles. The van der Waals surface area contributed by atoms with Gasteiger partial charge in [-0.2, -0.15) is 8.42 Å². The van der Waals surface area contributed by atoms with Crippen LogP contribution in [0.25, 0.3) is 0 Å². The summed E-state index contributed by atoms with van der Waals surface area (Å²) < 4.78 is 34.6. The molecule has 0 unspecified atom stereocenters. The van der Waals surface area contributed by atoms with Crippen molar-refractivity contribution in [3.63, 3.8) is 0 Å². The van der Waals surface area contributed by atoms with Crippen molar-refractivity contribution in [3.8, 4) is 0 Å². The minimum atomic E-state index is -3.67. The number of hydrogen-bond acceptors (Lipinski definition) is 5. The average Bonchev–Trinajstić information content (AvgIpc) is 3.23. The van der Waals surface area contributed by atoms with Gasteiger partial charge in [0.1, 0.15) is 0 Å². The zero-order chi connectivity index (χ0) is 20.0. The highest BCUT2D eigenvalue weighted by Crippen LogP contribution is 2.24. The molecule has 2 aromatic rings. The molecule has 28 heavy (non-hydrogen) atoms. The lowest BCUT2D eigenvalue weighted by atomic mass is 9.91. The van der Waals surface area contributed by atoms with Crippen LogP contribution in [0.2, 0.25) is 0 Å². The van der Waals surface area contributed by atoms with E-state index in [1.807, 2.05) is 11.8 Å². The van der Waals surface area contributed by atoms with Gasteiger partial charge < -0.3 is 9.32 Å². The van der Waals surface area contributed by atoms with Gasteiger partial charge in [0.2, 0.25) is 0 Å². The molecule has 1 saturated heterocycles. The van der Waals surface area contributed by atoms with Gasteiger partial charge in [-0.05, 0) is 56.4 Å². The molecule has 3 rings (SSSR count). The zero-order valence-electron chi connectivity index (χ0n) is 16.2. The van der Waals surface area contributed by atoms with Crippen LogP contribution in [-0.2, 0) is 14.3 Å². The van der Waals surface area contributed by atoms with Crippen LogP contribution < -0.4 is 0 Å². The van der Waals surface area contributed by atoms with Crippen molar-refractivity contribution in [2.24, 2.45) is 5.92 Å². The number of carbonyl (C=O) groups excluding carboxylic acids is 1. The summed E-state index contributed by atoms with van der Waals surface area (Å²) in [7, 11) is -3.67. The van der Waals surface area contributed by atoms with Gasteiger partial charge in [-0.25, -0.2) is 0 Å². The Kier molecular flexibility index (Phi) is 6.91. The molecule has 6 nitrogen and oxygen atoms in total. The lowest BCUT2D eigenvalue weighted by molar-refractivity contribution is 0.0653. The number of hydrogen-bond donors (Lipinski definition) is 0. The van der Waals surface area contributed by atoms with Crippen LogP contribution >= 0.6 is 0 Å². The van der Waals surface area contributed by atoms with E-state index >= 15 is 0 Å². The van der Waals surface area contributed by atoms with Crippen molar-refractivity contribution in [2.75, 3.05) is 19.7 Å². The maximum atomic E-state index is 12.3. The summed E-state index contributed by atoms with van der Waals surface area (Å²) in [5.41, 5.74) is 1.01. The SMILES string of the molecule is Cc1ccc(S(=O)(=O)OCCCCC2CCN(C(=O)c3ccco3)CC2)cc1. The fourth-order valence-corrected chi connectivity index (χ4v) is 4.40. The Morgan fingerprint density at radius 3 is 2.50 bits per heavy atom. The topological polar surface area (TPSA) is 76.8 Å². The molecule has 0 N–H and O–H groups in total. The molecule has 1 aliphatic heterocycles. The highest BCUT2D eigenvalue weighted by atomic mass is 32.2. The monoisotopic (exact) mass is 405 g/mol. The summed E-state index contributed by atoms with van der Waals surface area (Å²) in [6, 6.07) is 10.1. The van der Waals surface area contributed by atoms with Gasteiger partial charge in [-0.3, -0.25) is 8.98 Å². The van der Waals surface area contributed by atoms with E-state index in [-0.39, 0.29) is 17.4 Å². The summed E-state index contributed by atoms with van der Waals surface area (Å²) >= 11 is 0. The molecule has 0 radical (unpaired) electrons. The molecule has 1 fully saturated rings. The molecule has 1 aromatic carbocycles. The van der Waals surface area contributed by atoms with Gasteiger partial charge in [0, 0.05) is 13.1 Å². The van der Waals surface area contributed by atoms with E-state index in [4.69, 9.17) is 8.60 Å². The first-order chi connectivity index (χ1) is 13.5. The van der Waals surface area contributed by atoms with Gasteiger partial charge >= 0.3 is 0 Å². The summed E-state index contributed by atoms with van der Waals surface area (Å²) in [6.07, 6.45) is 6.10. The third-order valence-electron chi connectivity index (χ3n) is 5.19. The molecule has 0 saturated carbocycles. The molecule has 0 atom stereocenters. The van der Waals surface area contributed by atoms with Gasteiger partial charge in [0.05, 0.1) is 17.8 Å². The second-order valence-corrected chi connectivity index (χ2v) is 8.91. The molecule has 0 aliphatic carbocycles. The molecule has 2 heterocycles. The van der Waals surface area contributed by atoms with Crippen LogP contribution in [0.1, 0.15) is 48.2 Å². The van der Waals surface area contributed by atoms with Crippen molar-refractivity contribution >= 4 is 16.0 Å². The van der Waals surface area contributed by atoms with Crippen LogP contribution in [0.5, 0.6) is 0 Å². The van der Waals surface area contributed by atoms with Crippen LogP contribution in [-0.4, -0.2) is 38.9 Å². The third-order valence-corrected chi connectivity index (χ3v) is 6.52. The number of carbonyl (C=O) groups is 1. The number of piperidine rings is 1. The number of unbranched alkanes of at least 4 members (excludes halogenated alkanes) is 1. The second kappa shape index (κ2) is 9.39. The first kappa shape index (κ1) is 20.6. The van der Waals surface area contributed by atoms with E-state index in [9.17, 15) is 13.2 Å². The van der Waals surface area contributed by atoms with Crippen molar-refractivity contribution in [1.82, 2.24) is 4.90 Å². The Labute approximate surface area is 166 Å². The fraction of sp³-hybridized carbons (Fsp3) is 0.476. The quantitative estimate of drug-likeness (QED) is 0.490. The Morgan fingerprint density at radius 2 is 1.86 bits per heavy atom. The van der Waals surface area contributed by atoms with Gasteiger partial charge in [-0.1, -0.05) is 30.5 Å². The number of amides is 1. The fourth-order valence-electron chi connectivity index (χ4n) is 3.46. The van der Waals surface area contributed by atoms with Crippen LogP contribution in [0.3, 0.4) is 0 Å². The largest absolute Gasteiger partial charge is 0.459 e. The van der Waals surface area contributed by atoms with E-state index in [1.165, 1.54) is 6.26 Å². The van der Waals surface area contributed by atoms with Crippen molar-refractivity contribution in [3.05, 3.63) is 54.0 Å². The first-order valence-electron chi connectivity index (χ1n) is 9.74. The van der Waals surface area contributed by atoms with E-state index in [0.29, 0.717) is 18.1 Å². The van der Waals surface area contributed by atoms with Crippen LogP contribution in [0, 0.1) is 12.8 Å². The number of aryl methyl sites for hydroxylation is 1. The predicted octanol–water partition coefficient (Wildman–Crippen LogP) is 4.02. The number of nitrogens with zero attached hydrogens (tertiary/aromatic N) is 1. The Balaban J connectivity index is 1.33. The third kappa shape index (κ3) is 5.45. The minimum Gasteiger partial charge on any atom is -0.459 e. The average molecular weight is 406 g/mol. The lowest BCUT2D eigenvalue weighted by Crippen LogP contribution is -2.38. The first-order valence-corrected chi connectivity index (χ1v) is 11.2. The number of rotatable bonds is 8. The smallest absolute Gasteiger partial charge is 0.296 e. The highest BCUT2D eigenvalue weighted by molar-refractivity contribution is 7.86. The molecule has 152 valence electrons. The molecule has 1 amide bonds. The van der Waals surface area contributed by atoms with Crippen molar-refractivity contribution in [1.29, 1.82) is 0 Å². The minimum absolute atomic E-state index is 0.0434. The normalized spacial score (nSPS) is 15.7. The number of likely N-dealkylation sites (tertiary alicyclic amines) is 1. The lowest BCUT2D eigenvalue weighted by Gasteiger charge is -2.31. The van der Waals surface area contributed by atoms with Crippen LogP contribution in [0.15, 0.2) is 52.0 Å². The Bertz CT molecular complexity index is 851. The van der Waals surface area contributed by atoms with Crippen molar-refractivity contribution < 1.29 is 21.8 Å². The summed E-state index contributed by atoms with van der Waals surface area (Å²) in [5, 5.41) is 0. The molecule has 0 spiro atoms. The predicted molar refractivity (Wildman–Crippen MR) is 106 cm³/mol. The van der Waals surface area contributed by atoms with E-state index in [0.717, 1.165) is 44.3 Å². The Morgan fingerprint density at radius 1 is 1.14 bits per heavy atom.